The summed E-state index contributed by atoms with van der Waals surface area (Å²) in [6.45, 7) is 5.32. The van der Waals surface area contributed by atoms with Crippen molar-refractivity contribution >= 4 is 34.6 Å². The number of aryl methyl sites for hydroxylation is 1. The van der Waals surface area contributed by atoms with E-state index < -0.39 is 0 Å². The van der Waals surface area contributed by atoms with Gasteiger partial charge in [0.15, 0.2) is 5.11 Å². The molecule has 2 N–H and O–H groups in total. The van der Waals surface area contributed by atoms with E-state index in [1.54, 1.807) is 12.1 Å². The summed E-state index contributed by atoms with van der Waals surface area (Å²) in [7, 11) is 0. The second-order valence-corrected chi connectivity index (χ2v) is 6.95. The van der Waals surface area contributed by atoms with E-state index in [1.807, 2.05) is 31.2 Å². The van der Waals surface area contributed by atoms with Crippen LogP contribution in [-0.4, -0.2) is 53.5 Å². The molecule has 1 aliphatic heterocycles. The average molecular weight is 386 g/mol. The fourth-order valence-corrected chi connectivity index (χ4v) is 3.28. The molecule has 0 bridgehead atoms. The Hall–Kier alpha value is -2.51. The number of amides is 1. The molecule has 1 heterocycles. The van der Waals surface area contributed by atoms with E-state index in [1.165, 1.54) is 12.1 Å². The normalized spacial score (nSPS) is 14.7. The van der Waals surface area contributed by atoms with E-state index in [2.05, 4.69) is 20.4 Å². The van der Waals surface area contributed by atoms with Crippen molar-refractivity contribution in [3.05, 3.63) is 59.9 Å². The van der Waals surface area contributed by atoms with E-state index in [0.29, 0.717) is 10.8 Å². The molecule has 0 radical (unpaired) electrons. The van der Waals surface area contributed by atoms with Gasteiger partial charge in [-0.15, -0.1) is 0 Å². The topological polar surface area (TPSA) is 47.6 Å². The molecule has 5 nitrogen and oxygen atoms in total. The van der Waals surface area contributed by atoms with Crippen LogP contribution in [-0.2, 0) is 4.79 Å². The molecule has 0 saturated carbocycles. The first kappa shape index (κ1) is 19.3. The fraction of sp³-hybridized carbons (Fsp3) is 0.300. The third kappa shape index (κ3) is 5.48. The van der Waals surface area contributed by atoms with Crippen LogP contribution in [0.15, 0.2) is 48.5 Å². The maximum absolute atomic E-state index is 13.2. The SMILES string of the molecule is Cc1ccccc1NC(=S)N1CCN(CC(=O)Nc2cccc(F)c2)CC1. The summed E-state index contributed by atoms with van der Waals surface area (Å²) in [5, 5.41) is 6.73. The number of hydrogen-bond donors (Lipinski definition) is 2. The zero-order chi connectivity index (χ0) is 19.2. The molecule has 142 valence electrons. The number of rotatable bonds is 4. The smallest absolute Gasteiger partial charge is 0.238 e. The minimum absolute atomic E-state index is 0.144. The van der Waals surface area contributed by atoms with Crippen LogP contribution >= 0.6 is 12.2 Å². The van der Waals surface area contributed by atoms with Gasteiger partial charge in [-0.1, -0.05) is 24.3 Å². The van der Waals surface area contributed by atoms with E-state index in [4.69, 9.17) is 12.2 Å². The highest BCUT2D eigenvalue weighted by molar-refractivity contribution is 7.80. The first-order chi connectivity index (χ1) is 13.0. The predicted octanol–water partition coefficient (Wildman–Crippen LogP) is 3.09. The van der Waals surface area contributed by atoms with Gasteiger partial charge in [-0.05, 0) is 49.0 Å². The number of thiocarbonyl (C=S) groups is 1. The third-order valence-electron chi connectivity index (χ3n) is 4.52. The summed E-state index contributed by atoms with van der Waals surface area (Å²) in [5.41, 5.74) is 2.63. The number of piperazine rings is 1. The van der Waals surface area contributed by atoms with Crippen molar-refractivity contribution in [1.82, 2.24) is 9.80 Å². The Morgan fingerprint density at radius 3 is 2.52 bits per heavy atom. The van der Waals surface area contributed by atoms with Crippen molar-refractivity contribution < 1.29 is 9.18 Å². The van der Waals surface area contributed by atoms with Crippen LogP contribution in [0.3, 0.4) is 0 Å². The molecule has 1 amide bonds. The van der Waals surface area contributed by atoms with Crippen LogP contribution in [0, 0.1) is 12.7 Å². The summed E-state index contributed by atoms with van der Waals surface area (Å²) in [5.74, 6) is -0.509. The second kappa shape index (κ2) is 8.92. The van der Waals surface area contributed by atoms with Crippen LogP contribution in [0.1, 0.15) is 5.56 Å². The number of nitrogens with zero attached hydrogens (tertiary/aromatic N) is 2. The Balaban J connectivity index is 1.45. The predicted molar refractivity (Wildman–Crippen MR) is 110 cm³/mol. The van der Waals surface area contributed by atoms with Crippen LogP contribution in [0.4, 0.5) is 15.8 Å². The third-order valence-corrected chi connectivity index (χ3v) is 4.88. The monoisotopic (exact) mass is 386 g/mol. The van der Waals surface area contributed by atoms with Crippen LogP contribution in [0.2, 0.25) is 0 Å². The highest BCUT2D eigenvalue weighted by Crippen LogP contribution is 2.15. The minimum atomic E-state index is -0.365. The van der Waals surface area contributed by atoms with E-state index >= 15 is 0 Å². The van der Waals surface area contributed by atoms with Gasteiger partial charge in [-0.25, -0.2) is 4.39 Å². The summed E-state index contributed by atoms with van der Waals surface area (Å²) in [4.78, 5) is 16.3. The molecule has 0 unspecified atom stereocenters. The molecule has 1 saturated heterocycles. The molecule has 0 aliphatic carbocycles. The number of benzene rings is 2. The first-order valence-electron chi connectivity index (χ1n) is 8.90. The summed E-state index contributed by atoms with van der Waals surface area (Å²) < 4.78 is 13.2. The number of para-hydroxylation sites is 1. The van der Waals surface area contributed by atoms with Crippen molar-refractivity contribution in [3.63, 3.8) is 0 Å². The quantitative estimate of drug-likeness (QED) is 0.791. The average Bonchev–Trinajstić information content (AvgIpc) is 2.64. The summed E-state index contributed by atoms with van der Waals surface area (Å²) >= 11 is 5.52. The lowest BCUT2D eigenvalue weighted by Crippen LogP contribution is -2.51. The zero-order valence-electron chi connectivity index (χ0n) is 15.2. The summed E-state index contributed by atoms with van der Waals surface area (Å²) in [6.07, 6.45) is 0. The number of hydrogen-bond acceptors (Lipinski definition) is 3. The van der Waals surface area contributed by atoms with Gasteiger partial charge in [0, 0.05) is 37.6 Å². The molecular formula is C20H23FN4OS. The largest absolute Gasteiger partial charge is 0.346 e. The molecule has 0 atom stereocenters. The molecule has 2 aromatic carbocycles. The van der Waals surface area contributed by atoms with Crippen LogP contribution in [0.5, 0.6) is 0 Å². The maximum Gasteiger partial charge on any atom is 0.238 e. The van der Waals surface area contributed by atoms with Gasteiger partial charge in [0.2, 0.25) is 5.91 Å². The Labute approximate surface area is 164 Å². The first-order valence-corrected chi connectivity index (χ1v) is 9.31. The van der Waals surface area contributed by atoms with Gasteiger partial charge in [-0.2, -0.15) is 0 Å². The molecular weight excluding hydrogens is 363 g/mol. The molecule has 1 fully saturated rings. The van der Waals surface area contributed by atoms with Crippen LogP contribution < -0.4 is 10.6 Å². The number of halogens is 1. The number of nitrogens with one attached hydrogen (secondary N) is 2. The molecule has 0 spiro atoms. The minimum Gasteiger partial charge on any atom is -0.346 e. The second-order valence-electron chi connectivity index (χ2n) is 6.57. The Bertz CT molecular complexity index is 821. The lowest BCUT2D eigenvalue weighted by Gasteiger charge is -2.36. The van der Waals surface area contributed by atoms with Gasteiger partial charge in [0.25, 0.3) is 0 Å². The van der Waals surface area contributed by atoms with Gasteiger partial charge in [0.05, 0.1) is 6.54 Å². The van der Waals surface area contributed by atoms with Gasteiger partial charge in [0.1, 0.15) is 5.82 Å². The van der Waals surface area contributed by atoms with Gasteiger partial charge >= 0.3 is 0 Å². The molecule has 0 aromatic heterocycles. The highest BCUT2D eigenvalue weighted by Gasteiger charge is 2.21. The zero-order valence-corrected chi connectivity index (χ0v) is 16.1. The maximum atomic E-state index is 13.2. The number of carbonyl (C=O) groups excluding carboxylic acids is 1. The van der Waals surface area contributed by atoms with Crippen molar-refractivity contribution in [2.75, 3.05) is 43.4 Å². The van der Waals surface area contributed by atoms with Crippen molar-refractivity contribution in [2.45, 2.75) is 6.92 Å². The Morgan fingerprint density at radius 2 is 1.81 bits per heavy atom. The lowest BCUT2D eigenvalue weighted by molar-refractivity contribution is -0.117. The number of carbonyl (C=O) groups is 1. The van der Waals surface area contributed by atoms with Gasteiger partial charge < -0.3 is 15.5 Å². The molecule has 7 heteroatoms. The van der Waals surface area contributed by atoms with E-state index in [9.17, 15) is 9.18 Å². The van der Waals surface area contributed by atoms with Crippen molar-refractivity contribution in [2.24, 2.45) is 0 Å². The van der Waals surface area contributed by atoms with Crippen LogP contribution in [0.25, 0.3) is 0 Å². The molecule has 27 heavy (non-hydrogen) atoms. The Morgan fingerprint density at radius 1 is 1.07 bits per heavy atom. The Kier molecular flexibility index (Phi) is 6.36. The molecule has 3 rings (SSSR count). The standard InChI is InChI=1S/C20H23FN4OS/c1-15-5-2-3-8-18(15)23-20(27)25-11-9-24(10-12-25)14-19(26)22-17-7-4-6-16(21)13-17/h2-8,13H,9-12,14H2,1H3,(H,22,26)(H,23,27). The van der Waals surface area contributed by atoms with E-state index in [-0.39, 0.29) is 18.3 Å². The van der Waals surface area contributed by atoms with Gasteiger partial charge in [-0.3, -0.25) is 9.69 Å². The van der Waals surface area contributed by atoms with E-state index in [0.717, 1.165) is 37.4 Å². The van der Waals surface area contributed by atoms with Crippen molar-refractivity contribution in [1.29, 1.82) is 0 Å². The van der Waals surface area contributed by atoms with Crippen molar-refractivity contribution in [3.8, 4) is 0 Å². The number of anilines is 2. The molecule has 2 aromatic rings. The fourth-order valence-electron chi connectivity index (χ4n) is 2.99. The highest BCUT2D eigenvalue weighted by atomic mass is 32.1. The lowest BCUT2D eigenvalue weighted by atomic mass is 10.2. The summed E-state index contributed by atoms with van der Waals surface area (Å²) in [6, 6.07) is 13.9. The molecule has 1 aliphatic rings.